The Bertz CT molecular complexity index is 235. The molecule has 0 amide bonds. The van der Waals surface area contributed by atoms with Crippen molar-refractivity contribution in [3.8, 4) is 0 Å². The van der Waals surface area contributed by atoms with Gasteiger partial charge in [0.05, 0.1) is 12.7 Å². The molecule has 4 nitrogen and oxygen atoms in total. The summed E-state index contributed by atoms with van der Waals surface area (Å²) in [5, 5.41) is 8.87. The molecule has 2 fully saturated rings. The van der Waals surface area contributed by atoms with Gasteiger partial charge in [0.2, 0.25) is 0 Å². The zero-order valence-corrected chi connectivity index (χ0v) is 11.0. The van der Waals surface area contributed by atoms with E-state index in [-0.39, 0.29) is 19.0 Å². The van der Waals surface area contributed by atoms with E-state index in [9.17, 15) is 0 Å². The van der Waals surface area contributed by atoms with Gasteiger partial charge in [-0.2, -0.15) is 0 Å². The van der Waals surface area contributed by atoms with E-state index in [0.29, 0.717) is 25.1 Å². The standard InChI is InChI=1S/C13H25NO3/c1-10(2)14-6-3-4-11(14)8-13-16-9-12(17-13)5-7-15/h10-13,15H,3-9H2,1-2H3. The van der Waals surface area contributed by atoms with Crippen molar-refractivity contribution in [3.05, 3.63) is 0 Å². The van der Waals surface area contributed by atoms with E-state index < -0.39 is 0 Å². The second-order valence-electron chi connectivity index (χ2n) is 5.40. The topological polar surface area (TPSA) is 41.9 Å². The Morgan fingerprint density at radius 2 is 2.24 bits per heavy atom. The van der Waals surface area contributed by atoms with Gasteiger partial charge in [-0.1, -0.05) is 0 Å². The molecule has 4 heteroatoms. The number of hydrogen-bond acceptors (Lipinski definition) is 4. The molecular weight excluding hydrogens is 218 g/mol. The van der Waals surface area contributed by atoms with Crippen molar-refractivity contribution >= 4 is 0 Å². The van der Waals surface area contributed by atoms with Gasteiger partial charge < -0.3 is 14.6 Å². The second kappa shape index (κ2) is 6.14. The molecule has 0 aliphatic carbocycles. The summed E-state index contributed by atoms with van der Waals surface area (Å²) in [6.07, 6.45) is 4.24. The molecule has 2 heterocycles. The summed E-state index contributed by atoms with van der Waals surface area (Å²) in [5.41, 5.74) is 0. The fourth-order valence-electron chi connectivity index (χ4n) is 2.94. The molecule has 2 aliphatic heterocycles. The highest BCUT2D eigenvalue weighted by molar-refractivity contribution is 4.83. The lowest BCUT2D eigenvalue weighted by Crippen LogP contribution is -2.37. The molecule has 3 unspecified atom stereocenters. The van der Waals surface area contributed by atoms with E-state index in [4.69, 9.17) is 14.6 Å². The zero-order valence-electron chi connectivity index (χ0n) is 11.0. The molecule has 100 valence electrons. The first kappa shape index (κ1) is 13.3. The molecule has 0 saturated carbocycles. The molecule has 0 radical (unpaired) electrons. The molecule has 0 bridgehead atoms. The van der Waals surface area contributed by atoms with Crippen molar-refractivity contribution < 1.29 is 14.6 Å². The summed E-state index contributed by atoms with van der Waals surface area (Å²) in [5.74, 6) is 0. The third kappa shape index (κ3) is 3.41. The van der Waals surface area contributed by atoms with Crippen LogP contribution in [0.5, 0.6) is 0 Å². The highest BCUT2D eigenvalue weighted by atomic mass is 16.7. The average Bonchev–Trinajstić information content (AvgIpc) is 2.89. The average molecular weight is 243 g/mol. The normalized spacial score (nSPS) is 34.9. The number of aliphatic hydroxyl groups is 1. The molecule has 2 rings (SSSR count). The largest absolute Gasteiger partial charge is 0.396 e. The van der Waals surface area contributed by atoms with E-state index in [2.05, 4.69) is 18.7 Å². The summed E-state index contributed by atoms with van der Waals surface area (Å²) in [4.78, 5) is 2.55. The maximum absolute atomic E-state index is 8.87. The number of aliphatic hydroxyl groups excluding tert-OH is 1. The molecule has 17 heavy (non-hydrogen) atoms. The predicted molar refractivity (Wildman–Crippen MR) is 65.8 cm³/mol. The summed E-state index contributed by atoms with van der Waals surface area (Å²) in [6, 6.07) is 1.21. The van der Waals surface area contributed by atoms with Crippen LogP contribution in [0.3, 0.4) is 0 Å². The maximum Gasteiger partial charge on any atom is 0.159 e. The minimum atomic E-state index is -0.0594. The van der Waals surface area contributed by atoms with Crippen LogP contribution in [-0.2, 0) is 9.47 Å². The van der Waals surface area contributed by atoms with E-state index in [0.717, 1.165) is 6.42 Å². The van der Waals surface area contributed by atoms with Crippen LogP contribution in [0, 0.1) is 0 Å². The molecule has 2 saturated heterocycles. The van der Waals surface area contributed by atoms with Crippen LogP contribution in [0.4, 0.5) is 0 Å². The number of likely N-dealkylation sites (tertiary alicyclic amines) is 1. The first-order chi connectivity index (χ1) is 8.20. The summed E-state index contributed by atoms with van der Waals surface area (Å²) in [6.45, 7) is 6.53. The van der Waals surface area contributed by atoms with Crippen molar-refractivity contribution in [2.75, 3.05) is 19.8 Å². The third-order valence-corrected chi connectivity index (χ3v) is 3.81. The van der Waals surface area contributed by atoms with Crippen molar-refractivity contribution in [3.63, 3.8) is 0 Å². The van der Waals surface area contributed by atoms with E-state index >= 15 is 0 Å². The quantitative estimate of drug-likeness (QED) is 0.792. The van der Waals surface area contributed by atoms with E-state index in [1.165, 1.54) is 19.4 Å². The number of hydrogen-bond donors (Lipinski definition) is 1. The van der Waals surface area contributed by atoms with Gasteiger partial charge in [0.15, 0.2) is 6.29 Å². The Labute approximate surface area is 104 Å². The van der Waals surface area contributed by atoms with Crippen molar-refractivity contribution in [2.24, 2.45) is 0 Å². The lowest BCUT2D eigenvalue weighted by atomic mass is 10.1. The highest BCUT2D eigenvalue weighted by Crippen LogP contribution is 2.27. The third-order valence-electron chi connectivity index (χ3n) is 3.81. The van der Waals surface area contributed by atoms with Gasteiger partial charge in [-0.25, -0.2) is 0 Å². The Morgan fingerprint density at radius 1 is 1.41 bits per heavy atom. The predicted octanol–water partition coefficient (Wildman–Crippen LogP) is 1.37. The number of nitrogens with zero attached hydrogens (tertiary/aromatic N) is 1. The fraction of sp³-hybridized carbons (Fsp3) is 1.00. The van der Waals surface area contributed by atoms with Crippen LogP contribution < -0.4 is 0 Å². The minimum Gasteiger partial charge on any atom is -0.396 e. The van der Waals surface area contributed by atoms with Gasteiger partial charge in [0.1, 0.15) is 0 Å². The Balaban J connectivity index is 1.77. The highest BCUT2D eigenvalue weighted by Gasteiger charge is 2.33. The Kier molecular flexibility index (Phi) is 4.79. The number of ether oxygens (including phenoxy) is 2. The van der Waals surface area contributed by atoms with Crippen LogP contribution in [-0.4, -0.2) is 54.2 Å². The molecule has 2 aliphatic rings. The first-order valence-electron chi connectivity index (χ1n) is 6.84. The van der Waals surface area contributed by atoms with Crippen molar-refractivity contribution in [1.82, 2.24) is 4.90 Å². The van der Waals surface area contributed by atoms with Crippen LogP contribution >= 0.6 is 0 Å². The summed E-state index contributed by atoms with van der Waals surface area (Å²) in [7, 11) is 0. The molecule has 0 aromatic heterocycles. The summed E-state index contributed by atoms with van der Waals surface area (Å²) >= 11 is 0. The van der Waals surface area contributed by atoms with Gasteiger partial charge in [-0.05, 0) is 39.7 Å². The number of rotatable bonds is 5. The molecule has 0 spiro atoms. The minimum absolute atomic E-state index is 0.0594. The zero-order chi connectivity index (χ0) is 12.3. The first-order valence-corrected chi connectivity index (χ1v) is 6.84. The smallest absolute Gasteiger partial charge is 0.159 e. The van der Waals surface area contributed by atoms with Gasteiger partial charge in [0, 0.05) is 25.1 Å². The Morgan fingerprint density at radius 3 is 2.94 bits per heavy atom. The van der Waals surface area contributed by atoms with Crippen LogP contribution in [0.2, 0.25) is 0 Å². The monoisotopic (exact) mass is 243 g/mol. The molecular formula is C13H25NO3. The van der Waals surface area contributed by atoms with Crippen LogP contribution in [0.1, 0.15) is 39.5 Å². The molecule has 0 aromatic carbocycles. The van der Waals surface area contributed by atoms with E-state index in [1.54, 1.807) is 0 Å². The van der Waals surface area contributed by atoms with Gasteiger partial charge in [-0.15, -0.1) is 0 Å². The Hall–Kier alpha value is -0.160. The second-order valence-corrected chi connectivity index (χ2v) is 5.40. The lowest BCUT2D eigenvalue weighted by molar-refractivity contribution is -0.0769. The van der Waals surface area contributed by atoms with Crippen LogP contribution in [0.15, 0.2) is 0 Å². The lowest BCUT2D eigenvalue weighted by Gasteiger charge is -2.29. The van der Waals surface area contributed by atoms with Crippen LogP contribution in [0.25, 0.3) is 0 Å². The molecule has 0 aromatic rings. The summed E-state index contributed by atoms with van der Waals surface area (Å²) < 4.78 is 11.4. The molecule has 3 atom stereocenters. The maximum atomic E-state index is 8.87. The SMILES string of the molecule is CC(C)N1CCCC1CC1OCC(CCO)O1. The van der Waals surface area contributed by atoms with Crippen molar-refractivity contribution in [1.29, 1.82) is 0 Å². The van der Waals surface area contributed by atoms with Crippen molar-refractivity contribution in [2.45, 2.75) is 64.0 Å². The van der Waals surface area contributed by atoms with Gasteiger partial charge in [0.25, 0.3) is 0 Å². The van der Waals surface area contributed by atoms with Gasteiger partial charge >= 0.3 is 0 Å². The molecule has 1 N–H and O–H groups in total. The fourth-order valence-corrected chi connectivity index (χ4v) is 2.94. The van der Waals surface area contributed by atoms with Gasteiger partial charge in [-0.3, -0.25) is 4.90 Å². The van der Waals surface area contributed by atoms with E-state index in [1.807, 2.05) is 0 Å².